The van der Waals surface area contributed by atoms with Crippen LogP contribution in [0.2, 0.25) is 0 Å². The standard InChI is InChI=1S/C15H26N2O4/c18-14(19)7-11-21-12-5-9-17(10-6-12)15(20)13-4-2-1-3-8-16-13/h12-13,16H,1-11H2,(H,18,19). The van der Waals surface area contributed by atoms with Crippen LogP contribution in [-0.2, 0) is 14.3 Å². The van der Waals surface area contributed by atoms with Crippen LogP contribution >= 0.6 is 0 Å². The lowest BCUT2D eigenvalue weighted by Crippen LogP contribution is -2.49. The minimum absolute atomic E-state index is 0.0167. The Balaban J connectivity index is 1.70. The first-order valence-corrected chi connectivity index (χ1v) is 8.02. The largest absolute Gasteiger partial charge is 0.481 e. The molecule has 0 spiro atoms. The molecule has 0 bridgehead atoms. The first-order valence-electron chi connectivity index (χ1n) is 8.02. The Morgan fingerprint density at radius 3 is 2.62 bits per heavy atom. The van der Waals surface area contributed by atoms with E-state index in [-0.39, 0.29) is 31.1 Å². The average Bonchev–Trinajstić information content (AvgIpc) is 2.76. The molecule has 0 aliphatic carbocycles. The van der Waals surface area contributed by atoms with E-state index in [0.29, 0.717) is 0 Å². The number of aliphatic carboxylic acids is 1. The van der Waals surface area contributed by atoms with Crippen molar-refractivity contribution in [1.82, 2.24) is 10.2 Å². The van der Waals surface area contributed by atoms with Gasteiger partial charge in [0.1, 0.15) is 0 Å². The highest BCUT2D eigenvalue weighted by Gasteiger charge is 2.28. The van der Waals surface area contributed by atoms with Gasteiger partial charge in [-0.05, 0) is 32.2 Å². The van der Waals surface area contributed by atoms with Gasteiger partial charge in [-0.3, -0.25) is 9.59 Å². The van der Waals surface area contributed by atoms with E-state index in [2.05, 4.69) is 5.32 Å². The summed E-state index contributed by atoms with van der Waals surface area (Å²) >= 11 is 0. The van der Waals surface area contributed by atoms with E-state index < -0.39 is 5.97 Å². The van der Waals surface area contributed by atoms with E-state index in [1.807, 2.05) is 4.90 Å². The fraction of sp³-hybridized carbons (Fsp3) is 0.867. The summed E-state index contributed by atoms with van der Waals surface area (Å²) in [6.07, 6.45) is 6.17. The molecule has 1 atom stereocenters. The minimum atomic E-state index is -0.831. The normalized spacial score (nSPS) is 24.6. The molecule has 2 N–H and O–H groups in total. The zero-order chi connectivity index (χ0) is 15.1. The maximum atomic E-state index is 12.5. The number of hydrogen-bond donors (Lipinski definition) is 2. The molecular formula is C15H26N2O4. The van der Waals surface area contributed by atoms with Gasteiger partial charge >= 0.3 is 5.97 Å². The second kappa shape index (κ2) is 8.34. The molecule has 2 fully saturated rings. The number of nitrogens with one attached hydrogen (secondary N) is 1. The maximum Gasteiger partial charge on any atom is 0.305 e. The van der Waals surface area contributed by atoms with E-state index in [1.54, 1.807) is 0 Å². The van der Waals surface area contributed by atoms with Crippen molar-refractivity contribution in [1.29, 1.82) is 0 Å². The second-order valence-corrected chi connectivity index (χ2v) is 5.90. The monoisotopic (exact) mass is 298 g/mol. The molecule has 0 aromatic rings. The Labute approximate surface area is 125 Å². The van der Waals surface area contributed by atoms with Gasteiger partial charge in [0, 0.05) is 13.1 Å². The van der Waals surface area contributed by atoms with E-state index >= 15 is 0 Å². The molecule has 1 amide bonds. The summed E-state index contributed by atoms with van der Waals surface area (Å²) in [6.45, 7) is 2.63. The average molecular weight is 298 g/mol. The molecule has 0 saturated carbocycles. The van der Waals surface area contributed by atoms with Gasteiger partial charge in [-0.15, -0.1) is 0 Å². The van der Waals surface area contributed by atoms with Crippen molar-refractivity contribution in [3.63, 3.8) is 0 Å². The van der Waals surface area contributed by atoms with Crippen molar-refractivity contribution in [2.45, 2.75) is 57.1 Å². The van der Waals surface area contributed by atoms with Crippen molar-refractivity contribution in [3.05, 3.63) is 0 Å². The van der Waals surface area contributed by atoms with Crippen LogP contribution in [0.15, 0.2) is 0 Å². The summed E-state index contributed by atoms with van der Waals surface area (Å²) in [5, 5.41) is 11.9. The van der Waals surface area contributed by atoms with Crippen LogP contribution in [0.1, 0.15) is 44.9 Å². The van der Waals surface area contributed by atoms with Gasteiger partial charge in [-0.1, -0.05) is 12.8 Å². The number of carbonyl (C=O) groups excluding carboxylic acids is 1. The van der Waals surface area contributed by atoms with Crippen LogP contribution in [0.3, 0.4) is 0 Å². The quantitative estimate of drug-likeness (QED) is 0.791. The molecule has 0 radical (unpaired) electrons. The molecule has 0 aromatic carbocycles. The number of carboxylic acids is 1. The fourth-order valence-corrected chi connectivity index (χ4v) is 3.02. The number of likely N-dealkylation sites (tertiary alicyclic amines) is 1. The third-order valence-electron chi connectivity index (χ3n) is 4.28. The van der Waals surface area contributed by atoms with Gasteiger partial charge in [0.05, 0.1) is 25.2 Å². The van der Waals surface area contributed by atoms with Crippen LogP contribution in [0, 0.1) is 0 Å². The van der Waals surface area contributed by atoms with Crippen LogP contribution in [-0.4, -0.2) is 60.3 Å². The number of rotatable bonds is 5. The van der Waals surface area contributed by atoms with Crippen molar-refractivity contribution in [3.8, 4) is 0 Å². The van der Waals surface area contributed by atoms with Gasteiger partial charge in [0.15, 0.2) is 0 Å². The number of carboxylic acid groups (broad SMARTS) is 1. The topological polar surface area (TPSA) is 78.9 Å². The Morgan fingerprint density at radius 1 is 1.14 bits per heavy atom. The first kappa shape index (κ1) is 16.2. The fourth-order valence-electron chi connectivity index (χ4n) is 3.02. The summed E-state index contributed by atoms with van der Waals surface area (Å²) < 4.78 is 5.55. The molecular weight excluding hydrogens is 272 g/mol. The third-order valence-corrected chi connectivity index (χ3v) is 4.28. The first-order chi connectivity index (χ1) is 10.2. The highest BCUT2D eigenvalue weighted by Crippen LogP contribution is 2.17. The highest BCUT2D eigenvalue weighted by atomic mass is 16.5. The van der Waals surface area contributed by atoms with Gasteiger partial charge in [-0.25, -0.2) is 0 Å². The highest BCUT2D eigenvalue weighted by molar-refractivity contribution is 5.82. The SMILES string of the molecule is O=C(O)CCOC1CCN(C(=O)C2CCCCCN2)CC1. The number of nitrogens with zero attached hydrogens (tertiary/aromatic N) is 1. The summed E-state index contributed by atoms with van der Waals surface area (Å²) in [6, 6.07) is -0.0167. The van der Waals surface area contributed by atoms with Gasteiger partial charge in [-0.2, -0.15) is 0 Å². The van der Waals surface area contributed by atoms with E-state index in [9.17, 15) is 9.59 Å². The Morgan fingerprint density at radius 2 is 1.90 bits per heavy atom. The molecule has 6 nitrogen and oxygen atoms in total. The number of hydrogen-bond acceptors (Lipinski definition) is 4. The molecule has 120 valence electrons. The molecule has 2 aliphatic heterocycles. The summed E-state index contributed by atoms with van der Waals surface area (Å²) in [5.41, 5.74) is 0. The smallest absolute Gasteiger partial charge is 0.305 e. The number of carbonyl (C=O) groups is 2. The third kappa shape index (κ3) is 5.28. The molecule has 2 saturated heterocycles. The van der Waals surface area contributed by atoms with Crippen molar-refractivity contribution in [2.24, 2.45) is 0 Å². The van der Waals surface area contributed by atoms with Gasteiger partial charge < -0.3 is 20.1 Å². The van der Waals surface area contributed by atoms with E-state index in [4.69, 9.17) is 9.84 Å². The summed E-state index contributed by atoms with van der Waals surface area (Å²) in [5.74, 6) is -0.608. The molecule has 2 aliphatic rings. The molecule has 21 heavy (non-hydrogen) atoms. The van der Waals surface area contributed by atoms with Crippen LogP contribution in [0.4, 0.5) is 0 Å². The Hall–Kier alpha value is -1.14. The Kier molecular flexibility index (Phi) is 6.45. The lowest BCUT2D eigenvalue weighted by atomic mass is 10.0. The molecule has 6 heteroatoms. The predicted octanol–water partition coefficient (Wildman–Crippen LogP) is 1.00. The van der Waals surface area contributed by atoms with Crippen LogP contribution < -0.4 is 5.32 Å². The maximum absolute atomic E-state index is 12.5. The predicted molar refractivity (Wildman–Crippen MR) is 78.1 cm³/mol. The lowest BCUT2D eigenvalue weighted by molar-refractivity contribution is -0.139. The minimum Gasteiger partial charge on any atom is -0.481 e. The van der Waals surface area contributed by atoms with Gasteiger partial charge in [0.25, 0.3) is 0 Å². The number of ether oxygens (including phenoxy) is 1. The summed E-state index contributed by atoms with van der Waals surface area (Å²) in [7, 11) is 0. The zero-order valence-corrected chi connectivity index (χ0v) is 12.6. The molecule has 2 heterocycles. The van der Waals surface area contributed by atoms with Crippen molar-refractivity contribution in [2.75, 3.05) is 26.2 Å². The summed E-state index contributed by atoms with van der Waals surface area (Å²) in [4.78, 5) is 24.8. The lowest BCUT2D eigenvalue weighted by Gasteiger charge is -2.34. The van der Waals surface area contributed by atoms with Crippen molar-refractivity contribution >= 4 is 11.9 Å². The zero-order valence-electron chi connectivity index (χ0n) is 12.6. The van der Waals surface area contributed by atoms with Gasteiger partial charge in [0.2, 0.25) is 5.91 Å². The number of amides is 1. The van der Waals surface area contributed by atoms with Crippen molar-refractivity contribution < 1.29 is 19.4 Å². The van der Waals surface area contributed by atoms with Crippen LogP contribution in [0.5, 0.6) is 0 Å². The molecule has 0 aromatic heterocycles. The van der Waals surface area contributed by atoms with E-state index in [0.717, 1.165) is 51.7 Å². The second-order valence-electron chi connectivity index (χ2n) is 5.90. The molecule has 2 rings (SSSR count). The number of piperidine rings is 1. The van der Waals surface area contributed by atoms with Crippen LogP contribution in [0.25, 0.3) is 0 Å². The van der Waals surface area contributed by atoms with E-state index in [1.165, 1.54) is 6.42 Å². The Bertz CT molecular complexity index is 346. The molecule has 1 unspecified atom stereocenters.